The Kier molecular flexibility index (Phi) is 6.38. The number of nitrogens with zero attached hydrogens (tertiary/aromatic N) is 2. The van der Waals surface area contributed by atoms with E-state index in [-0.39, 0.29) is 64.1 Å². The molecule has 0 aromatic heterocycles. The molecule has 2 aliphatic carbocycles. The van der Waals surface area contributed by atoms with Gasteiger partial charge in [0.15, 0.2) is 0 Å². The lowest BCUT2D eigenvalue weighted by Crippen LogP contribution is -2.32. The van der Waals surface area contributed by atoms with Crippen molar-refractivity contribution in [3.05, 3.63) is 105 Å². The molecule has 0 spiro atoms. The van der Waals surface area contributed by atoms with Gasteiger partial charge in [0.2, 0.25) is 17.6 Å². The Hall–Kier alpha value is -4.50. The Morgan fingerprint density at radius 3 is 2.42 bits per heavy atom. The van der Waals surface area contributed by atoms with E-state index in [9.17, 15) is 24.5 Å². The van der Waals surface area contributed by atoms with Crippen LogP contribution in [0.3, 0.4) is 0 Å². The number of nitro groups is 1. The fourth-order valence-electron chi connectivity index (χ4n) is 6.02. The summed E-state index contributed by atoms with van der Waals surface area (Å²) in [5.41, 5.74) is 2.35. The highest BCUT2D eigenvalue weighted by atomic mass is 35.5. The molecule has 4 atom stereocenters. The van der Waals surface area contributed by atoms with E-state index in [1.54, 1.807) is 36.4 Å². The van der Waals surface area contributed by atoms with Crippen molar-refractivity contribution in [1.29, 1.82) is 0 Å². The number of amides is 2. The van der Waals surface area contributed by atoms with Gasteiger partial charge in [0.05, 0.1) is 33.0 Å². The summed E-state index contributed by atoms with van der Waals surface area (Å²) in [5.74, 6) is -0.937. The van der Waals surface area contributed by atoms with E-state index in [1.807, 2.05) is 6.92 Å². The molecule has 3 aromatic rings. The van der Waals surface area contributed by atoms with E-state index < -0.39 is 10.9 Å². The standard InChI is InChI=1S/C30H23ClN2O7/c1-16-13-19-14-22(16)26-25(19)28(34)32(29(26)35)20-9-7-18(8-10-20)30(36)39-15-17-5-11-21(12-6-17)40-27-23(31)3-2-4-24(27)33(37)38/h2-13,19,22,25-26H,14-15H2,1H3/t19-,22+,25-,26+/m0/s1. The molecule has 2 fully saturated rings. The second-order valence-electron chi connectivity index (χ2n) is 10.2. The Bertz CT molecular complexity index is 1580. The summed E-state index contributed by atoms with van der Waals surface area (Å²) in [7, 11) is 0. The number of halogens is 1. The molecule has 1 saturated carbocycles. The normalized spacial score (nSPS) is 22.8. The van der Waals surface area contributed by atoms with Crippen LogP contribution in [0.4, 0.5) is 11.4 Å². The van der Waals surface area contributed by atoms with E-state index in [4.69, 9.17) is 21.1 Å². The number of carbonyl (C=O) groups is 3. The number of para-hydroxylation sites is 1. The molecule has 0 N–H and O–H groups in total. The van der Waals surface area contributed by atoms with Crippen molar-refractivity contribution < 1.29 is 28.8 Å². The zero-order valence-electron chi connectivity index (χ0n) is 21.3. The third kappa shape index (κ3) is 4.32. The largest absolute Gasteiger partial charge is 0.457 e. The zero-order valence-corrected chi connectivity index (χ0v) is 22.0. The summed E-state index contributed by atoms with van der Waals surface area (Å²) in [6.07, 6.45) is 3.00. The van der Waals surface area contributed by atoms with Gasteiger partial charge >= 0.3 is 11.7 Å². The number of imide groups is 1. The smallest absolute Gasteiger partial charge is 0.338 e. The van der Waals surface area contributed by atoms with Crippen LogP contribution < -0.4 is 9.64 Å². The number of rotatable bonds is 7. The highest BCUT2D eigenvalue weighted by Crippen LogP contribution is 2.55. The molecule has 10 heteroatoms. The lowest BCUT2D eigenvalue weighted by atomic mass is 9.82. The van der Waals surface area contributed by atoms with Gasteiger partial charge in [-0.1, -0.05) is 41.4 Å². The van der Waals surface area contributed by atoms with Crippen LogP contribution in [0.15, 0.2) is 78.4 Å². The van der Waals surface area contributed by atoms with Gasteiger partial charge in [0.25, 0.3) is 0 Å². The molecule has 3 aromatic carbocycles. The first-order valence-corrected chi connectivity index (χ1v) is 13.1. The Morgan fingerprint density at radius 2 is 1.73 bits per heavy atom. The molecule has 202 valence electrons. The molecule has 6 rings (SSSR count). The molecule has 1 heterocycles. The van der Waals surface area contributed by atoms with Gasteiger partial charge in [-0.3, -0.25) is 24.6 Å². The molecule has 1 saturated heterocycles. The molecule has 2 amide bonds. The van der Waals surface area contributed by atoms with Gasteiger partial charge in [-0.15, -0.1) is 0 Å². The minimum absolute atomic E-state index is 0.0192. The summed E-state index contributed by atoms with van der Waals surface area (Å²) >= 11 is 6.07. The van der Waals surface area contributed by atoms with E-state index in [1.165, 1.54) is 40.8 Å². The van der Waals surface area contributed by atoms with E-state index in [0.717, 1.165) is 6.42 Å². The lowest BCUT2D eigenvalue weighted by Gasteiger charge is -2.19. The van der Waals surface area contributed by atoms with Crippen molar-refractivity contribution in [3.63, 3.8) is 0 Å². The molecular formula is C30H23ClN2O7. The van der Waals surface area contributed by atoms with Crippen molar-refractivity contribution in [2.45, 2.75) is 20.0 Å². The molecule has 9 nitrogen and oxygen atoms in total. The van der Waals surface area contributed by atoms with Gasteiger partial charge in [-0.2, -0.15) is 0 Å². The zero-order chi connectivity index (χ0) is 28.1. The maximum Gasteiger partial charge on any atom is 0.338 e. The summed E-state index contributed by atoms with van der Waals surface area (Å²) in [5, 5.41) is 11.4. The molecule has 0 radical (unpaired) electrons. The van der Waals surface area contributed by atoms with Crippen molar-refractivity contribution in [2.75, 3.05) is 4.90 Å². The summed E-state index contributed by atoms with van der Waals surface area (Å²) < 4.78 is 11.0. The number of fused-ring (bicyclic) bond motifs is 5. The van der Waals surface area contributed by atoms with Crippen molar-refractivity contribution in [3.8, 4) is 11.5 Å². The number of esters is 1. The van der Waals surface area contributed by atoms with Crippen molar-refractivity contribution in [2.24, 2.45) is 23.7 Å². The quantitative estimate of drug-likeness (QED) is 0.113. The maximum atomic E-state index is 13.1. The van der Waals surface area contributed by atoms with Crippen LogP contribution in [-0.4, -0.2) is 22.7 Å². The summed E-state index contributed by atoms with van der Waals surface area (Å²) in [4.78, 5) is 50.8. The number of ether oxygens (including phenoxy) is 2. The molecule has 0 unspecified atom stereocenters. The molecule has 2 bridgehead atoms. The third-order valence-corrected chi connectivity index (χ3v) is 8.20. The fraction of sp³-hybridized carbons (Fsp3) is 0.233. The van der Waals surface area contributed by atoms with Crippen molar-refractivity contribution in [1.82, 2.24) is 0 Å². The molecular weight excluding hydrogens is 536 g/mol. The second kappa shape index (κ2) is 9.91. The first-order chi connectivity index (χ1) is 19.2. The van der Waals surface area contributed by atoms with Crippen LogP contribution in [0.5, 0.6) is 11.5 Å². The number of anilines is 1. The molecule has 3 aliphatic rings. The Morgan fingerprint density at radius 1 is 1.02 bits per heavy atom. The van der Waals surface area contributed by atoms with Gasteiger partial charge in [0.1, 0.15) is 12.4 Å². The van der Waals surface area contributed by atoms with Gasteiger partial charge in [0, 0.05) is 6.07 Å². The Labute approximate surface area is 234 Å². The second-order valence-corrected chi connectivity index (χ2v) is 10.6. The van der Waals surface area contributed by atoms with Crippen LogP contribution in [0.2, 0.25) is 5.02 Å². The van der Waals surface area contributed by atoms with Crippen LogP contribution in [0.1, 0.15) is 29.3 Å². The first kappa shape index (κ1) is 25.8. The van der Waals surface area contributed by atoms with E-state index in [0.29, 0.717) is 17.0 Å². The number of hydrogen-bond donors (Lipinski definition) is 0. The highest BCUT2D eigenvalue weighted by molar-refractivity contribution is 6.32. The number of nitro benzene ring substituents is 1. The average molecular weight is 559 g/mol. The SMILES string of the molecule is CC1=C[C@H]2C[C@H]1[C@H]1C(=O)N(c3ccc(C(=O)OCc4ccc(Oc5c(Cl)cccc5[N+](=O)[O-])cc4)cc3)C(=O)[C@H]12. The summed E-state index contributed by atoms with van der Waals surface area (Å²) in [6, 6.07) is 17.0. The van der Waals surface area contributed by atoms with Crippen LogP contribution in [-0.2, 0) is 20.9 Å². The number of carbonyl (C=O) groups excluding carboxylic acids is 3. The fourth-order valence-corrected chi connectivity index (χ4v) is 6.23. The number of hydrogen-bond acceptors (Lipinski definition) is 7. The predicted octanol–water partition coefficient (Wildman–Crippen LogP) is 6.10. The average Bonchev–Trinajstić information content (AvgIpc) is 3.59. The van der Waals surface area contributed by atoms with Gasteiger partial charge in [-0.25, -0.2) is 4.79 Å². The van der Waals surface area contributed by atoms with E-state index in [2.05, 4.69) is 6.08 Å². The lowest BCUT2D eigenvalue weighted by molar-refractivity contribution is -0.385. The first-order valence-electron chi connectivity index (χ1n) is 12.8. The van der Waals surface area contributed by atoms with Crippen molar-refractivity contribution >= 4 is 40.8 Å². The predicted molar refractivity (Wildman–Crippen MR) is 145 cm³/mol. The summed E-state index contributed by atoms with van der Waals surface area (Å²) in [6.45, 7) is 2.01. The van der Waals surface area contributed by atoms with Crippen LogP contribution in [0, 0.1) is 33.8 Å². The van der Waals surface area contributed by atoms with E-state index >= 15 is 0 Å². The molecule has 1 aliphatic heterocycles. The van der Waals surface area contributed by atoms with Crippen LogP contribution >= 0.6 is 11.6 Å². The minimum Gasteiger partial charge on any atom is -0.457 e. The number of allylic oxidation sites excluding steroid dienone is 2. The maximum absolute atomic E-state index is 13.1. The molecule has 40 heavy (non-hydrogen) atoms. The minimum atomic E-state index is -0.574. The van der Waals surface area contributed by atoms with Gasteiger partial charge < -0.3 is 9.47 Å². The Balaban J connectivity index is 1.07. The van der Waals surface area contributed by atoms with Crippen LogP contribution in [0.25, 0.3) is 0 Å². The third-order valence-electron chi connectivity index (χ3n) is 7.90. The number of benzene rings is 3. The monoisotopic (exact) mass is 558 g/mol. The van der Waals surface area contributed by atoms with Gasteiger partial charge in [-0.05, 0) is 73.2 Å². The highest BCUT2D eigenvalue weighted by Gasteiger charge is 2.60. The topological polar surface area (TPSA) is 116 Å².